The zero-order valence-corrected chi connectivity index (χ0v) is 12.0. The fraction of sp³-hybridized carbons (Fsp3) is 0.571. The first-order valence-corrected chi connectivity index (χ1v) is 7.01. The van der Waals surface area contributed by atoms with Gasteiger partial charge < -0.3 is 10.0 Å². The third-order valence-electron chi connectivity index (χ3n) is 3.97. The number of rotatable bonds is 3. The molecule has 5 heteroatoms. The van der Waals surface area contributed by atoms with Gasteiger partial charge in [0.1, 0.15) is 16.5 Å². The van der Waals surface area contributed by atoms with E-state index in [-0.39, 0.29) is 5.56 Å². The smallest absolute Gasteiger partial charge is 0.339 e. The third kappa shape index (κ3) is 3.00. The number of carboxylic acids is 1. The molecule has 19 heavy (non-hydrogen) atoms. The number of aromatic nitrogens is 1. The lowest BCUT2D eigenvalue weighted by molar-refractivity contribution is 0.0697. The molecule has 1 saturated carbocycles. The van der Waals surface area contributed by atoms with Crippen LogP contribution in [0.5, 0.6) is 0 Å². The first kappa shape index (κ1) is 14.1. The van der Waals surface area contributed by atoms with E-state index in [4.69, 9.17) is 11.6 Å². The van der Waals surface area contributed by atoms with Gasteiger partial charge >= 0.3 is 5.97 Å². The molecule has 1 heterocycles. The first-order chi connectivity index (χ1) is 9.00. The van der Waals surface area contributed by atoms with E-state index >= 15 is 0 Å². The van der Waals surface area contributed by atoms with Crippen molar-refractivity contribution in [3.05, 3.63) is 22.8 Å². The molecule has 2 unspecified atom stereocenters. The Morgan fingerprint density at radius 3 is 2.74 bits per heavy atom. The van der Waals surface area contributed by atoms with E-state index in [1.165, 1.54) is 31.4 Å². The Labute approximate surface area is 118 Å². The van der Waals surface area contributed by atoms with Crippen LogP contribution in [0.2, 0.25) is 5.15 Å². The van der Waals surface area contributed by atoms with Crippen LogP contribution in [-0.2, 0) is 0 Å². The summed E-state index contributed by atoms with van der Waals surface area (Å²) < 4.78 is 0. The molecule has 104 valence electrons. The van der Waals surface area contributed by atoms with E-state index < -0.39 is 5.97 Å². The molecule has 1 aliphatic carbocycles. The molecule has 0 radical (unpaired) electrons. The summed E-state index contributed by atoms with van der Waals surface area (Å²) in [6, 6.07) is 3.38. The van der Waals surface area contributed by atoms with E-state index in [0.717, 1.165) is 6.42 Å². The normalized spacial score (nSPS) is 23.1. The second-order valence-corrected chi connectivity index (χ2v) is 5.64. The number of nitrogens with zero attached hydrogens (tertiary/aromatic N) is 2. The lowest BCUT2D eigenvalue weighted by Gasteiger charge is -2.37. The van der Waals surface area contributed by atoms with Gasteiger partial charge in [-0.25, -0.2) is 9.78 Å². The van der Waals surface area contributed by atoms with Gasteiger partial charge in [0, 0.05) is 13.1 Å². The van der Waals surface area contributed by atoms with Crippen molar-refractivity contribution < 1.29 is 9.90 Å². The van der Waals surface area contributed by atoms with Crippen LogP contribution in [0, 0.1) is 5.92 Å². The summed E-state index contributed by atoms with van der Waals surface area (Å²) in [5.74, 6) is 0.0504. The molecule has 0 bridgehead atoms. The number of anilines is 1. The van der Waals surface area contributed by atoms with Crippen molar-refractivity contribution in [3.8, 4) is 0 Å². The van der Waals surface area contributed by atoms with Gasteiger partial charge in [-0.05, 0) is 30.9 Å². The van der Waals surface area contributed by atoms with Gasteiger partial charge in [-0.2, -0.15) is 0 Å². The summed E-state index contributed by atoms with van der Waals surface area (Å²) in [6.07, 6.45) is 4.69. The Balaban J connectivity index is 2.34. The van der Waals surface area contributed by atoms with Gasteiger partial charge in [-0.3, -0.25) is 0 Å². The molecule has 2 rings (SSSR count). The van der Waals surface area contributed by atoms with Gasteiger partial charge in [0.2, 0.25) is 0 Å². The molecule has 0 aliphatic heterocycles. The summed E-state index contributed by atoms with van der Waals surface area (Å²) in [5, 5.41) is 9.59. The molecule has 1 aliphatic rings. The fourth-order valence-electron chi connectivity index (χ4n) is 2.89. The molecule has 1 aromatic rings. The number of carbonyl (C=O) groups is 1. The summed E-state index contributed by atoms with van der Waals surface area (Å²) in [6.45, 7) is 2.21. The molecule has 0 aromatic carbocycles. The van der Waals surface area contributed by atoms with E-state index in [9.17, 15) is 9.90 Å². The van der Waals surface area contributed by atoms with Gasteiger partial charge in [0.15, 0.2) is 0 Å². The maximum atomic E-state index is 11.3. The molecule has 4 nitrogen and oxygen atoms in total. The molecule has 0 saturated heterocycles. The minimum atomic E-state index is -0.963. The van der Waals surface area contributed by atoms with Crippen molar-refractivity contribution in [3.63, 3.8) is 0 Å². The molecule has 1 fully saturated rings. The lowest BCUT2D eigenvalue weighted by Crippen LogP contribution is -2.40. The van der Waals surface area contributed by atoms with E-state index in [1.807, 2.05) is 11.9 Å². The SMILES string of the molecule is CC1CCCCC1N(C)c1nc(Cl)ccc1C(=O)O. The average Bonchev–Trinajstić information content (AvgIpc) is 2.38. The van der Waals surface area contributed by atoms with Crippen LogP contribution in [0.4, 0.5) is 5.82 Å². The molecule has 0 spiro atoms. The van der Waals surface area contributed by atoms with Crippen LogP contribution in [0.15, 0.2) is 12.1 Å². The summed E-state index contributed by atoms with van der Waals surface area (Å²) >= 11 is 5.91. The summed E-state index contributed by atoms with van der Waals surface area (Å²) in [5.41, 5.74) is 0.213. The molecule has 1 N–H and O–H groups in total. The minimum absolute atomic E-state index is 0.213. The van der Waals surface area contributed by atoms with Gasteiger partial charge in [-0.1, -0.05) is 31.4 Å². The highest BCUT2D eigenvalue weighted by atomic mass is 35.5. The van der Waals surface area contributed by atoms with Crippen molar-refractivity contribution in [2.24, 2.45) is 5.92 Å². The van der Waals surface area contributed by atoms with E-state index in [1.54, 1.807) is 0 Å². The number of aromatic carboxylic acids is 1. The van der Waals surface area contributed by atoms with Gasteiger partial charge in [-0.15, -0.1) is 0 Å². The Kier molecular flexibility index (Phi) is 4.30. The maximum Gasteiger partial charge on any atom is 0.339 e. The van der Waals surface area contributed by atoms with Crippen LogP contribution < -0.4 is 4.90 Å². The van der Waals surface area contributed by atoms with Crippen molar-refractivity contribution in [2.45, 2.75) is 38.6 Å². The highest BCUT2D eigenvalue weighted by Crippen LogP contribution is 2.31. The van der Waals surface area contributed by atoms with Crippen molar-refractivity contribution >= 4 is 23.4 Å². The Morgan fingerprint density at radius 2 is 2.11 bits per heavy atom. The molecular weight excluding hydrogens is 264 g/mol. The average molecular weight is 283 g/mol. The van der Waals surface area contributed by atoms with E-state index in [2.05, 4.69) is 11.9 Å². The summed E-state index contributed by atoms with van der Waals surface area (Å²) in [4.78, 5) is 17.5. The monoisotopic (exact) mass is 282 g/mol. The van der Waals surface area contributed by atoms with Crippen LogP contribution >= 0.6 is 11.6 Å². The van der Waals surface area contributed by atoms with Crippen molar-refractivity contribution in [1.82, 2.24) is 4.98 Å². The van der Waals surface area contributed by atoms with E-state index in [0.29, 0.717) is 22.9 Å². The quantitative estimate of drug-likeness (QED) is 0.863. The number of halogens is 1. The molecule has 2 atom stereocenters. The second-order valence-electron chi connectivity index (χ2n) is 5.25. The molecule has 0 amide bonds. The van der Waals surface area contributed by atoms with Gasteiger partial charge in [0.05, 0.1) is 0 Å². The maximum absolute atomic E-state index is 11.3. The zero-order valence-electron chi connectivity index (χ0n) is 11.3. The van der Waals surface area contributed by atoms with Gasteiger partial charge in [0.25, 0.3) is 0 Å². The van der Waals surface area contributed by atoms with Crippen molar-refractivity contribution in [2.75, 3.05) is 11.9 Å². The second kappa shape index (κ2) is 5.78. The molecular formula is C14H19ClN2O2. The first-order valence-electron chi connectivity index (χ1n) is 6.63. The number of pyridine rings is 1. The van der Waals surface area contributed by atoms with Crippen molar-refractivity contribution in [1.29, 1.82) is 0 Å². The zero-order chi connectivity index (χ0) is 14.0. The Hall–Kier alpha value is -1.29. The largest absolute Gasteiger partial charge is 0.478 e. The van der Waals surface area contributed by atoms with Crippen LogP contribution in [-0.4, -0.2) is 29.1 Å². The topological polar surface area (TPSA) is 53.4 Å². The Bertz CT molecular complexity index is 479. The number of hydrogen-bond donors (Lipinski definition) is 1. The van der Waals surface area contributed by atoms with Crippen LogP contribution in [0.3, 0.4) is 0 Å². The summed E-state index contributed by atoms with van der Waals surface area (Å²) in [7, 11) is 1.91. The lowest BCUT2D eigenvalue weighted by atomic mass is 9.85. The number of carboxylic acid groups (broad SMARTS) is 1. The highest BCUT2D eigenvalue weighted by Gasteiger charge is 2.28. The standard InChI is InChI=1S/C14H19ClN2O2/c1-9-5-3-4-6-11(9)17(2)13-10(14(18)19)7-8-12(15)16-13/h7-9,11H,3-6H2,1-2H3,(H,18,19). The van der Waals surface area contributed by atoms with Crippen LogP contribution in [0.1, 0.15) is 43.0 Å². The number of hydrogen-bond acceptors (Lipinski definition) is 3. The van der Waals surface area contributed by atoms with Crippen LogP contribution in [0.25, 0.3) is 0 Å². The fourth-order valence-corrected chi connectivity index (χ4v) is 3.03. The predicted octanol–water partition coefficient (Wildman–Crippen LogP) is 3.45. The molecule has 1 aromatic heterocycles. The predicted molar refractivity (Wildman–Crippen MR) is 76.0 cm³/mol. The minimum Gasteiger partial charge on any atom is -0.478 e. The Morgan fingerprint density at radius 1 is 1.42 bits per heavy atom. The highest BCUT2D eigenvalue weighted by molar-refractivity contribution is 6.29. The third-order valence-corrected chi connectivity index (χ3v) is 4.18.